The number of carbonyl (C=O) groups excluding carboxylic acids is 1. The summed E-state index contributed by atoms with van der Waals surface area (Å²) < 4.78 is 1.89. The Kier molecular flexibility index (Phi) is 5.33. The Balaban J connectivity index is 1.67. The third-order valence-electron chi connectivity index (χ3n) is 3.63. The van der Waals surface area contributed by atoms with Crippen LogP contribution in [0.1, 0.15) is 5.56 Å². The van der Waals surface area contributed by atoms with Crippen LogP contribution in [-0.2, 0) is 4.79 Å². The number of hydrogen-bond donors (Lipinski definition) is 1. The van der Waals surface area contributed by atoms with E-state index in [9.17, 15) is 14.9 Å². The Hall–Kier alpha value is -3.13. The molecule has 1 N–H and O–H groups in total. The lowest BCUT2D eigenvalue weighted by Gasteiger charge is -2.08. The number of nitro benzene ring substituents is 1. The molecule has 0 spiro atoms. The van der Waals surface area contributed by atoms with Crippen LogP contribution in [0, 0.1) is 17.0 Å². The van der Waals surface area contributed by atoms with E-state index in [1.54, 1.807) is 18.3 Å². The summed E-state index contributed by atoms with van der Waals surface area (Å²) in [5.74, 6) is -0.239. The Labute approximate surface area is 154 Å². The molecule has 0 aliphatic rings. The van der Waals surface area contributed by atoms with Crippen molar-refractivity contribution in [2.24, 2.45) is 0 Å². The van der Waals surface area contributed by atoms with Crippen molar-refractivity contribution in [1.82, 2.24) is 9.55 Å². The van der Waals surface area contributed by atoms with E-state index in [1.165, 1.54) is 23.9 Å². The summed E-state index contributed by atoms with van der Waals surface area (Å²) in [4.78, 5) is 26.9. The fourth-order valence-corrected chi connectivity index (χ4v) is 3.13. The third kappa shape index (κ3) is 4.09. The van der Waals surface area contributed by atoms with E-state index in [2.05, 4.69) is 10.3 Å². The molecule has 0 saturated heterocycles. The summed E-state index contributed by atoms with van der Waals surface area (Å²) in [5, 5.41) is 14.3. The van der Waals surface area contributed by atoms with Gasteiger partial charge in [-0.3, -0.25) is 19.5 Å². The molecule has 0 aliphatic heterocycles. The average Bonchev–Trinajstić information content (AvgIpc) is 3.09. The number of carbonyl (C=O) groups is 1. The Morgan fingerprint density at radius 3 is 2.69 bits per heavy atom. The first-order valence-corrected chi connectivity index (χ1v) is 8.79. The second kappa shape index (κ2) is 7.83. The van der Waals surface area contributed by atoms with Crippen molar-refractivity contribution in [3.8, 4) is 5.69 Å². The van der Waals surface area contributed by atoms with Crippen LogP contribution in [0.3, 0.4) is 0 Å². The first kappa shape index (κ1) is 17.7. The van der Waals surface area contributed by atoms with Gasteiger partial charge in [0, 0.05) is 24.1 Å². The van der Waals surface area contributed by atoms with Crippen molar-refractivity contribution in [1.29, 1.82) is 0 Å². The van der Waals surface area contributed by atoms with Gasteiger partial charge in [-0.1, -0.05) is 41.6 Å². The summed E-state index contributed by atoms with van der Waals surface area (Å²) in [7, 11) is 0. The molecule has 1 aromatic heterocycles. The van der Waals surface area contributed by atoms with Gasteiger partial charge in [0.25, 0.3) is 5.69 Å². The normalized spacial score (nSPS) is 10.5. The molecule has 7 nitrogen and oxygen atoms in total. The smallest absolute Gasteiger partial charge is 0.292 e. The zero-order valence-corrected chi connectivity index (χ0v) is 14.8. The Bertz CT molecular complexity index is 938. The van der Waals surface area contributed by atoms with Crippen LogP contribution >= 0.6 is 11.8 Å². The number of thioether (sulfide) groups is 1. The molecular weight excluding hydrogens is 352 g/mol. The number of nitrogens with one attached hydrogen (secondary N) is 1. The maximum atomic E-state index is 12.2. The molecule has 1 amide bonds. The van der Waals surface area contributed by atoms with Gasteiger partial charge in [-0.25, -0.2) is 4.98 Å². The zero-order valence-electron chi connectivity index (χ0n) is 14.0. The predicted octanol–water partition coefficient (Wildman–Crippen LogP) is 3.82. The Morgan fingerprint density at radius 1 is 1.23 bits per heavy atom. The van der Waals surface area contributed by atoms with Gasteiger partial charge in [-0.05, 0) is 25.1 Å². The first-order chi connectivity index (χ1) is 12.5. The molecule has 8 heteroatoms. The number of nitro groups is 1. The molecule has 0 unspecified atom stereocenters. The van der Waals surface area contributed by atoms with Gasteiger partial charge in [-0.15, -0.1) is 0 Å². The molecule has 0 radical (unpaired) electrons. The van der Waals surface area contributed by atoms with E-state index in [-0.39, 0.29) is 23.0 Å². The van der Waals surface area contributed by atoms with E-state index in [4.69, 9.17) is 0 Å². The molecule has 0 aliphatic carbocycles. The number of benzene rings is 2. The maximum Gasteiger partial charge on any atom is 0.292 e. The number of amides is 1. The standard InChI is InChI=1S/C18H16N4O3S/c1-13-6-8-14(9-7-13)21-11-10-19-18(21)26-12-17(23)20-15-4-2-3-5-16(15)22(24)25/h2-11H,12H2,1H3,(H,20,23). The summed E-state index contributed by atoms with van der Waals surface area (Å²) >= 11 is 1.26. The van der Waals surface area contributed by atoms with E-state index in [0.29, 0.717) is 5.16 Å². The molecule has 132 valence electrons. The van der Waals surface area contributed by atoms with Crippen molar-refractivity contribution in [3.05, 3.63) is 76.6 Å². The minimum absolute atomic E-state index is 0.0922. The van der Waals surface area contributed by atoms with Gasteiger partial charge < -0.3 is 5.32 Å². The lowest BCUT2D eigenvalue weighted by molar-refractivity contribution is -0.383. The van der Waals surface area contributed by atoms with E-state index in [1.807, 2.05) is 42.0 Å². The highest BCUT2D eigenvalue weighted by Crippen LogP contribution is 2.25. The lowest BCUT2D eigenvalue weighted by Crippen LogP contribution is -2.15. The van der Waals surface area contributed by atoms with E-state index in [0.717, 1.165) is 11.3 Å². The van der Waals surface area contributed by atoms with Gasteiger partial charge >= 0.3 is 0 Å². The number of para-hydroxylation sites is 2. The van der Waals surface area contributed by atoms with Crippen molar-refractivity contribution < 1.29 is 9.72 Å². The monoisotopic (exact) mass is 368 g/mol. The van der Waals surface area contributed by atoms with Gasteiger partial charge in [-0.2, -0.15) is 0 Å². The SMILES string of the molecule is Cc1ccc(-n2ccnc2SCC(=O)Nc2ccccc2[N+](=O)[O-])cc1. The van der Waals surface area contributed by atoms with E-state index >= 15 is 0 Å². The minimum atomic E-state index is -0.521. The molecule has 0 bridgehead atoms. The second-order valence-electron chi connectivity index (χ2n) is 5.53. The molecule has 26 heavy (non-hydrogen) atoms. The summed E-state index contributed by atoms with van der Waals surface area (Å²) in [6.07, 6.45) is 3.50. The summed E-state index contributed by atoms with van der Waals surface area (Å²) in [6, 6.07) is 14.0. The molecule has 2 aromatic carbocycles. The molecular formula is C18H16N4O3S. The highest BCUT2D eigenvalue weighted by molar-refractivity contribution is 7.99. The van der Waals surface area contributed by atoms with Crippen LogP contribution in [-0.4, -0.2) is 26.1 Å². The predicted molar refractivity (Wildman–Crippen MR) is 101 cm³/mol. The molecule has 0 fully saturated rings. The lowest BCUT2D eigenvalue weighted by atomic mass is 10.2. The number of nitrogens with zero attached hydrogens (tertiary/aromatic N) is 3. The number of imidazole rings is 1. The fourth-order valence-electron chi connectivity index (χ4n) is 2.35. The van der Waals surface area contributed by atoms with Crippen LogP contribution in [0.2, 0.25) is 0 Å². The van der Waals surface area contributed by atoms with Crippen LogP contribution in [0.15, 0.2) is 66.1 Å². The van der Waals surface area contributed by atoms with Crippen molar-refractivity contribution in [2.75, 3.05) is 11.1 Å². The largest absolute Gasteiger partial charge is 0.320 e. The van der Waals surface area contributed by atoms with Crippen LogP contribution in [0.4, 0.5) is 11.4 Å². The fraction of sp³-hybridized carbons (Fsp3) is 0.111. The number of aromatic nitrogens is 2. The number of aryl methyl sites for hydroxylation is 1. The van der Waals surface area contributed by atoms with Crippen molar-refractivity contribution >= 4 is 29.0 Å². The minimum Gasteiger partial charge on any atom is -0.320 e. The summed E-state index contributed by atoms with van der Waals surface area (Å²) in [6.45, 7) is 2.01. The molecule has 3 rings (SSSR count). The highest BCUT2D eigenvalue weighted by atomic mass is 32.2. The number of hydrogen-bond acceptors (Lipinski definition) is 5. The van der Waals surface area contributed by atoms with Crippen LogP contribution < -0.4 is 5.32 Å². The molecule has 1 heterocycles. The number of anilines is 1. The highest BCUT2D eigenvalue weighted by Gasteiger charge is 2.15. The summed E-state index contributed by atoms with van der Waals surface area (Å²) in [5.41, 5.74) is 2.17. The van der Waals surface area contributed by atoms with E-state index < -0.39 is 4.92 Å². The average molecular weight is 368 g/mol. The van der Waals surface area contributed by atoms with Gasteiger partial charge in [0.05, 0.1) is 10.7 Å². The van der Waals surface area contributed by atoms with Crippen molar-refractivity contribution in [2.45, 2.75) is 12.1 Å². The quantitative estimate of drug-likeness (QED) is 0.406. The molecule has 3 aromatic rings. The number of rotatable bonds is 6. The maximum absolute atomic E-state index is 12.2. The second-order valence-corrected chi connectivity index (χ2v) is 6.47. The third-order valence-corrected chi connectivity index (χ3v) is 4.59. The van der Waals surface area contributed by atoms with Gasteiger partial charge in [0.15, 0.2) is 5.16 Å². The Morgan fingerprint density at radius 2 is 1.96 bits per heavy atom. The molecule has 0 atom stereocenters. The van der Waals surface area contributed by atoms with Crippen LogP contribution in [0.25, 0.3) is 5.69 Å². The first-order valence-electron chi connectivity index (χ1n) is 7.81. The van der Waals surface area contributed by atoms with Crippen molar-refractivity contribution in [3.63, 3.8) is 0 Å². The van der Waals surface area contributed by atoms with Gasteiger partial charge in [0.2, 0.25) is 5.91 Å². The topological polar surface area (TPSA) is 90.1 Å². The zero-order chi connectivity index (χ0) is 18.5. The molecule has 0 saturated carbocycles. The van der Waals surface area contributed by atoms with Crippen LogP contribution in [0.5, 0.6) is 0 Å². The van der Waals surface area contributed by atoms with Gasteiger partial charge in [0.1, 0.15) is 5.69 Å².